The molecule has 2 N–H and O–H groups in total. The predicted molar refractivity (Wildman–Crippen MR) is 121 cm³/mol. The van der Waals surface area contributed by atoms with E-state index in [1.807, 2.05) is 67.5 Å². The number of hydrogen-bond acceptors (Lipinski definition) is 3. The molecule has 4 rings (SSSR count). The fourth-order valence-electron chi connectivity index (χ4n) is 4.17. The zero-order valence-electron chi connectivity index (χ0n) is 18.4. The topological polar surface area (TPSA) is 89.7 Å². The molecule has 1 aliphatic heterocycles. The van der Waals surface area contributed by atoms with Gasteiger partial charge in [0.25, 0.3) is 0 Å². The average molecular weight is 417 g/mol. The maximum absolute atomic E-state index is 13.2. The van der Waals surface area contributed by atoms with Crippen LogP contribution in [0.15, 0.2) is 42.6 Å². The molecular formula is C24H28N6O. The van der Waals surface area contributed by atoms with E-state index in [4.69, 9.17) is 4.98 Å². The van der Waals surface area contributed by atoms with Crippen LogP contribution in [0.1, 0.15) is 56.7 Å². The molecule has 0 spiro atoms. The van der Waals surface area contributed by atoms with E-state index in [2.05, 4.69) is 16.4 Å². The molecule has 1 fully saturated rings. The van der Waals surface area contributed by atoms with E-state index < -0.39 is 0 Å². The highest BCUT2D eigenvalue weighted by Gasteiger charge is 2.33. The lowest BCUT2D eigenvalue weighted by Gasteiger charge is -2.27. The largest absolute Gasteiger partial charge is 0.344 e. The van der Waals surface area contributed by atoms with E-state index in [0.29, 0.717) is 17.9 Å². The van der Waals surface area contributed by atoms with Crippen LogP contribution in [0.3, 0.4) is 0 Å². The monoisotopic (exact) mass is 416 g/mol. The maximum Gasteiger partial charge on any atom is 0.323 e. The lowest BCUT2D eigenvalue weighted by atomic mass is 10.1. The predicted octanol–water partition coefficient (Wildman–Crippen LogP) is 5.18. The maximum atomic E-state index is 13.2. The van der Waals surface area contributed by atoms with Crippen LogP contribution in [0.5, 0.6) is 0 Å². The number of imidazole rings is 1. The van der Waals surface area contributed by atoms with Gasteiger partial charge in [0.2, 0.25) is 0 Å². The molecular weight excluding hydrogens is 388 g/mol. The Kier molecular flexibility index (Phi) is 5.32. The highest BCUT2D eigenvalue weighted by Crippen LogP contribution is 2.34. The van der Waals surface area contributed by atoms with Crippen molar-refractivity contribution in [1.29, 1.82) is 5.26 Å². The summed E-state index contributed by atoms with van der Waals surface area (Å²) in [6.07, 6.45) is 3.56. The summed E-state index contributed by atoms with van der Waals surface area (Å²) in [5.74, 6) is 1.44. The van der Waals surface area contributed by atoms with Crippen LogP contribution in [0, 0.1) is 18.3 Å². The zero-order chi connectivity index (χ0) is 22.2. The molecule has 0 radical (unpaired) electrons. The Morgan fingerprint density at radius 2 is 2.03 bits per heavy atom. The molecule has 7 nitrogen and oxygen atoms in total. The minimum Gasteiger partial charge on any atom is -0.344 e. The second-order valence-corrected chi connectivity index (χ2v) is 9.01. The first-order chi connectivity index (χ1) is 14.8. The Balaban J connectivity index is 1.58. The smallest absolute Gasteiger partial charge is 0.323 e. The Morgan fingerprint density at radius 3 is 2.71 bits per heavy atom. The number of rotatable bonds is 3. The molecule has 31 heavy (non-hydrogen) atoms. The van der Waals surface area contributed by atoms with Crippen LogP contribution in [0.2, 0.25) is 0 Å². The summed E-state index contributed by atoms with van der Waals surface area (Å²) < 4.78 is 1.93. The number of anilines is 1. The van der Waals surface area contributed by atoms with Crippen LogP contribution in [0.25, 0.3) is 11.3 Å². The van der Waals surface area contributed by atoms with Gasteiger partial charge >= 0.3 is 6.03 Å². The molecule has 0 bridgehead atoms. The lowest BCUT2D eigenvalue weighted by Crippen LogP contribution is -2.36. The van der Waals surface area contributed by atoms with Crippen molar-refractivity contribution >= 4 is 11.8 Å². The minimum atomic E-state index is -0.259. The Morgan fingerprint density at radius 1 is 1.29 bits per heavy atom. The van der Waals surface area contributed by atoms with E-state index in [1.54, 1.807) is 12.3 Å². The van der Waals surface area contributed by atoms with Gasteiger partial charge < -0.3 is 14.5 Å². The van der Waals surface area contributed by atoms with Gasteiger partial charge in [-0.3, -0.25) is 5.32 Å². The number of nitriles is 1. The quantitative estimate of drug-likeness (QED) is 0.616. The molecule has 3 heterocycles. The highest BCUT2D eigenvalue weighted by atomic mass is 16.2. The number of aryl methyl sites for hydroxylation is 1. The number of aromatic amines is 1. The van der Waals surface area contributed by atoms with Crippen LogP contribution < -0.4 is 5.32 Å². The van der Waals surface area contributed by atoms with Crippen molar-refractivity contribution in [3.05, 3.63) is 59.7 Å². The van der Waals surface area contributed by atoms with E-state index in [9.17, 15) is 10.1 Å². The number of benzene rings is 1. The van der Waals surface area contributed by atoms with Crippen LogP contribution >= 0.6 is 0 Å². The summed E-state index contributed by atoms with van der Waals surface area (Å²) in [5.41, 5.74) is 3.24. The van der Waals surface area contributed by atoms with Crippen LogP contribution in [-0.4, -0.2) is 32.0 Å². The SMILES string of the molecule is Cc1[nH]c([C@H]2CCCN2C(=O)Nc2cc(C#N)cn2C(C)(C)C)nc1-c1ccccc1. The second kappa shape index (κ2) is 7.95. The van der Waals surface area contributed by atoms with Gasteiger partial charge in [-0.25, -0.2) is 9.78 Å². The fraction of sp³-hybridized carbons (Fsp3) is 0.375. The number of nitrogens with one attached hydrogen (secondary N) is 2. The van der Waals surface area contributed by atoms with Crippen molar-refractivity contribution in [3.8, 4) is 17.3 Å². The fourth-order valence-corrected chi connectivity index (χ4v) is 4.17. The Hall–Kier alpha value is -3.53. The zero-order valence-corrected chi connectivity index (χ0v) is 18.4. The number of aromatic nitrogens is 3. The Bertz CT molecular complexity index is 1130. The summed E-state index contributed by atoms with van der Waals surface area (Å²) in [5, 5.41) is 12.3. The first-order valence-corrected chi connectivity index (χ1v) is 10.6. The third kappa shape index (κ3) is 4.06. The summed E-state index contributed by atoms with van der Waals surface area (Å²) in [6, 6.07) is 13.7. The summed E-state index contributed by atoms with van der Waals surface area (Å²) in [4.78, 5) is 23.3. The molecule has 0 saturated carbocycles. The molecule has 2 amide bonds. The average Bonchev–Trinajstić information content (AvgIpc) is 3.45. The number of H-pyrrole nitrogens is 1. The van der Waals surface area contributed by atoms with Crippen molar-refractivity contribution in [2.75, 3.05) is 11.9 Å². The van der Waals surface area contributed by atoms with Gasteiger partial charge in [0.15, 0.2) is 0 Å². The van der Waals surface area contributed by atoms with Gasteiger partial charge in [-0.15, -0.1) is 0 Å². The number of hydrogen-bond donors (Lipinski definition) is 2. The molecule has 1 saturated heterocycles. The van der Waals surface area contributed by atoms with Gasteiger partial charge in [-0.2, -0.15) is 5.26 Å². The molecule has 160 valence electrons. The minimum absolute atomic E-state index is 0.107. The van der Waals surface area contributed by atoms with Crippen LogP contribution in [0.4, 0.5) is 10.6 Å². The molecule has 1 aromatic carbocycles. The normalized spacial score (nSPS) is 16.4. The highest BCUT2D eigenvalue weighted by molar-refractivity contribution is 5.89. The van der Waals surface area contributed by atoms with Gasteiger partial charge in [0.1, 0.15) is 17.7 Å². The van der Waals surface area contributed by atoms with Gasteiger partial charge in [0, 0.05) is 29.5 Å². The third-order valence-corrected chi connectivity index (χ3v) is 5.69. The number of nitrogens with zero attached hydrogens (tertiary/aromatic N) is 4. The second-order valence-electron chi connectivity index (χ2n) is 9.01. The van der Waals surface area contributed by atoms with E-state index in [0.717, 1.165) is 35.6 Å². The first kappa shape index (κ1) is 20.7. The molecule has 7 heteroatoms. The summed E-state index contributed by atoms with van der Waals surface area (Å²) >= 11 is 0. The molecule has 1 atom stereocenters. The molecule has 0 aliphatic carbocycles. The molecule has 3 aromatic rings. The van der Waals surface area contributed by atoms with Gasteiger partial charge in [0.05, 0.1) is 17.3 Å². The third-order valence-electron chi connectivity index (χ3n) is 5.69. The van der Waals surface area contributed by atoms with Crippen LogP contribution in [-0.2, 0) is 5.54 Å². The van der Waals surface area contributed by atoms with Crippen molar-refractivity contribution < 1.29 is 4.79 Å². The van der Waals surface area contributed by atoms with Crippen molar-refractivity contribution in [3.63, 3.8) is 0 Å². The number of carbonyl (C=O) groups excluding carboxylic acids is 1. The first-order valence-electron chi connectivity index (χ1n) is 10.6. The number of amides is 2. The van der Waals surface area contributed by atoms with Crippen molar-refractivity contribution in [2.24, 2.45) is 0 Å². The van der Waals surface area contributed by atoms with E-state index >= 15 is 0 Å². The summed E-state index contributed by atoms with van der Waals surface area (Å²) in [6.45, 7) is 8.80. The van der Waals surface area contributed by atoms with E-state index in [-0.39, 0.29) is 17.6 Å². The lowest BCUT2D eigenvalue weighted by molar-refractivity contribution is 0.205. The Labute approximate surface area is 182 Å². The van der Waals surface area contributed by atoms with E-state index in [1.165, 1.54) is 0 Å². The molecule has 0 unspecified atom stereocenters. The number of carbonyl (C=O) groups is 1. The van der Waals surface area contributed by atoms with Crippen molar-refractivity contribution in [2.45, 2.75) is 52.1 Å². The summed E-state index contributed by atoms with van der Waals surface area (Å²) in [7, 11) is 0. The number of likely N-dealkylation sites (tertiary alicyclic amines) is 1. The standard InChI is InChI=1S/C24H28N6O/c1-16-21(18-9-6-5-7-10-18)28-22(26-16)19-11-8-12-29(19)23(31)27-20-13-17(14-25)15-30(20)24(2,3)4/h5-7,9-10,13,15,19H,8,11-12H2,1-4H3,(H,26,28)(H,27,31)/t19-/m1/s1. The molecule has 2 aromatic heterocycles. The van der Waals surface area contributed by atoms with Gasteiger partial charge in [-0.1, -0.05) is 30.3 Å². The number of urea groups is 1. The van der Waals surface area contributed by atoms with Gasteiger partial charge in [-0.05, 0) is 46.6 Å². The molecule has 1 aliphatic rings. The van der Waals surface area contributed by atoms with Crippen molar-refractivity contribution in [1.82, 2.24) is 19.4 Å².